The number of nitrogens with zero attached hydrogens (tertiary/aromatic N) is 5. The Kier molecular flexibility index (Phi) is 4.24. The molecule has 0 amide bonds. The molecule has 0 atom stereocenters. The van der Waals surface area contributed by atoms with Crippen molar-refractivity contribution in [2.75, 3.05) is 0 Å². The summed E-state index contributed by atoms with van der Waals surface area (Å²) in [6.07, 6.45) is 1.54. The second-order valence-corrected chi connectivity index (χ2v) is 11.7. The molecule has 5 heterocycles. The fourth-order valence-electron chi connectivity index (χ4n) is 7.53. The summed E-state index contributed by atoms with van der Waals surface area (Å²) >= 11 is 0. The fourth-order valence-corrected chi connectivity index (χ4v) is 7.53. The summed E-state index contributed by atoms with van der Waals surface area (Å²) in [5, 5.41) is 7.96. The molecule has 0 aliphatic rings. The van der Waals surface area contributed by atoms with Crippen molar-refractivity contribution < 1.29 is 4.42 Å². The van der Waals surface area contributed by atoms with Crippen molar-refractivity contribution in [3.05, 3.63) is 128 Å². The maximum Gasteiger partial charge on any atom is 0.182 e. The van der Waals surface area contributed by atoms with Crippen molar-refractivity contribution in [2.45, 2.75) is 0 Å². The first-order valence-corrected chi connectivity index (χ1v) is 15.0. The topological polar surface area (TPSA) is 61.2 Å². The molecule has 0 saturated carbocycles. The third kappa shape index (κ3) is 2.91. The molecule has 0 unspecified atom stereocenters. The molecule has 0 bridgehead atoms. The molecule has 45 heavy (non-hydrogen) atoms. The van der Waals surface area contributed by atoms with Gasteiger partial charge in [-0.15, -0.1) is 0 Å². The van der Waals surface area contributed by atoms with Gasteiger partial charge in [-0.2, -0.15) is 0 Å². The quantitative estimate of drug-likeness (QED) is 0.206. The summed E-state index contributed by atoms with van der Waals surface area (Å²) in [5.41, 5.74) is 9.23. The molecule has 208 valence electrons. The van der Waals surface area contributed by atoms with Gasteiger partial charge in [-0.1, -0.05) is 66.7 Å². The van der Waals surface area contributed by atoms with Crippen molar-refractivity contribution in [2.24, 2.45) is 0 Å². The molecule has 11 rings (SSSR count). The van der Waals surface area contributed by atoms with E-state index in [9.17, 15) is 0 Å². The zero-order valence-corrected chi connectivity index (χ0v) is 23.8. The average molecular weight is 576 g/mol. The molecule has 0 radical (unpaired) electrons. The van der Waals surface area contributed by atoms with Gasteiger partial charge < -0.3 is 8.82 Å². The van der Waals surface area contributed by atoms with E-state index in [-0.39, 0.29) is 0 Å². The highest BCUT2D eigenvalue weighted by atomic mass is 16.3. The van der Waals surface area contributed by atoms with E-state index in [1.54, 1.807) is 0 Å². The Labute approximate surface area is 254 Å². The van der Waals surface area contributed by atoms with Crippen molar-refractivity contribution in [1.82, 2.24) is 23.9 Å². The van der Waals surface area contributed by atoms with E-state index >= 15 is 0 Å². The maximum absolute atomic E-state index is 5.93. The van der Waals surface area contributed by atoms with Crippen LogP contribution in [0.25, 0.3) is 99.1 Å². The van der Waals surface area contributed by atoms with E-state index in [1.165, 1.54) is 22.6 Å². The zero-order valence-electron chi connectivity index (χ0n) is 23.8. The lowest BCUT2D eigenvalue weighted by atomic mass is 10.0. The number of hydrogen-bond acceptors (Lipinski definition) is 4. The van der Waals surface area contributed by atoms with Crippen LogP contribution in [-0.2, 0) is 0 Å². The van der Waals surface area contributed by atoms with Crippen LogP contribution in [0.5, 0.6) is 0 Å². The number of rotatable bonds is 2. The smallest absolute Gasteiger partial charge is 0.182 e. The fraction of sp³-hybridized carbons (Fsp3) is 0. The largest absolute Gasteiger partial charge is 0.443 e. The van der Waals surface area contributed by atoms with Crippen LogP contribution in [0.4, 0.5) is 0 Å². The highest BCUT2D eigenvalue weighted by Crippen LogP contribution is 2.43. The van der Waals surface area contributed by atoms with Gasteiger partial charge in [-0.3, -0.25) is 4.57 Å². The van der Waals surface area contributed by atoms with Crippen LogP contribution in [-0.4, -0.2) is 23.9 Å². The summed E-state index contributed by atoms with van der Waals surface area (Å²) in [6, 6.07) is 42.6. The van der Waals surface area contributed by atoms with Gasteiger partial charge in [0, 0.05) is 37.9 Å². The van der Waals surface area contributed by atoms with E-state index in [4.69, 9.17) is 14.4 Å². The molecular formula is C39H21N5O. The summed E-state index contributed by atoms with van der Waals surface area (Å²) in [6.45, 7) is 0. The molecule has 11 aromatic rings. The van der Waals surface area contributed by atoms with Gasteiger partial charge in [0.05, 0.1) is 38.5 Å². The van der Waals surface area contributed by atoms with Gasteiger partial charge in [0.2, 0.25) is 0 Å². The molecule has 0 N–H and O–H groups in total. The minimum atomic E-state index is 0.688. The number of hydrogen-bond donors (Lipinski definition) is 0. The lowest BCUT2D eigenvalue weighted by Gasteiger charge is -2.12. The van der Waals surface area contributed by atoms with Gasteiger partial charge in [0.25, 0.3) is 0 Å². The number of para-hydroxylation sites is 4. The maximum atomic E-state index is 5.93. The van der Waals surface area contributed by atoms with Gasteiger partial charge in [0.1, 0.15) is 11.3 Å². The van der Waals surface area contributed by atoms with E-state index < -0.39 is 0 Å². The van der Waals surface area contributed by atoms with Crippen LogP contribution in [0.15, 0.2) is 132 Å². The number of oxazole rings is 1. The summed E-state index contributed by atoms with van der Waals surface area (Å²) in [5.74, 6) is 1.56. The van der Waals surface area contributed by atoms with Gasteiger partial charge in [-0.05, 0) is 54.6 Å². The summed E-state index contributed by atoms with van der Waals surface area (Å²) < 4.78 is 10.6. The van der Waals surface area contributed by atoms with Crippen molar-refractivity contribution in [1.29, 1.82) is 0 Å². The van der Waals surface area contributed by atoms with E-state index in [2.05, 4.69) is 129 Å². The van der Waals surface area contributed by atoms with Crippen LogP contribution in [0.2, 0.25) is 0 Å². The van der Waals surface area contributed by atoms with Gasteiger partial charge in [0.15, 0.2) is 17.8 Å². The van der Waals surface area contributed by atoms with Crippen LogP contribution in [0.3, 0.4) is 0 Å². The molecule has 0 aliphatic heterocycles. The Balaban J connectivity index is 1.24. The second kappa shape index (κ2) is 8.21. The molecule has 0 saturated heterocycles. The Hall–Kier alpha value is -6.27. The SMILES string of the molecule is c1ccc2c(-n3c4ccccc4c4ccccc43)nc(-c3ccc4c(c3)c3cc5ncoc5c5c6ccccc6n4c35)nc2c1. The highest BCUT2D eigenvalue weighted by Gasteiger charge is 2.23. The van der Waals surface area contributed by atoms with E-state index in [0.717, 1.165) is 77.1 Å². The Morgan fingerprint density at radius 1 is 0.511 bits per heavy atom. The average Bonchev–Trinajstić information content (AvgIpc) is 3.86. The Morgan fingerprint density at radius 3 is 1.98 bits per heavy atom. The first-order chi connectivity index (χ1) is 22.3. The minimum absolute atomic E-state index is 0.688. The third-order valence-electron chi connectivity index (χ3n) is 9.39. The van der Waals surface area contributed by atoms with Crippen molar-refractivity contribution >= 4 is 81.9 Å². The second-order valence-electron chi connectivity index (χ2n) is 11.7. The third-order valence-corrected chi connectivity index (χ3v) is 9.39. The first-order valence-electron chi connectivity index (χ1n) is 15.0. The lowest BCUT2D eigenvalue weighted by Crippen LogP contribution is -2.02. The number of benzene rings is 6. The lowest BCUT2D eigenvalue weighted by molar-refractivity contribution is 0.605. The normalized spacial score (nSPS) is 12.4. The summed E-state index contributed by atoms with van der Waals surface area (Å²) in [4.78, 5) is 15.0. The van der Waals surface area contributed by atoms with Crippen LogP contribution >= 0.6 is 0 Å². The first kappa shape index (κ1) is 23.2. The number of fused-ring (bicyclic) bond motifs is 12. The van der Waals surface area contributed by atoms with Gasteiger partial charge in [-0.25, -0.2) is 15.0 Å². The van der Waals surface area contributed by atoms with Crippen LogP contribution < -0.4 is 0 Å². The molecule has 6 aromatic carbocycles. The number of aromatic nitrogens is 5. The molecular weight excluding hydrogens is 554 g/mol. The molecule has 0 aliphatic carbocycles. The van der Waals surface area contributed by atoms with E-state index in [0.29, 0.717) is 5.82 Å². The Bertz CT molecular complexity index is 2950. The summed E-state index contributed by atoms with van der Waals surface area (Å²) in [7, 11) is 0. The van der Waals surface area contributed by atoms with Crippen LogP contribution in [0.1, 0.15) is 0 Å². The molecule has 0 fully saturated rings. The zero-order chi connectivity index (χ0) is 29.2. The molecule has 5 aromatic heterocycles. The molecule has 0 spiro atoms. The van der Waals surface area contributed by atoms with Crippen molar-refractivity contribution in [3.8, 4) is 17.2 Å². The van der Waals surface area contributed by atoms with Crippen LogP contribution in [0, 0.1) is 0 Å². The predicted molar refractivity (Wildman–Crippen MR) is 182 cm³/mol. The minimum Gasteiger partial charge on any atom is -0.443 e. The highest BCUT2D eigenvalue weighted by molar-refractivity contribution is 6.30. The Morgan fingerprint density at radius 2 is 1.18 bits per heavy atom. The molecule has 6 heteroatoms. The monoisotopic (exact) mass is 575 g/mol. The van der Waals surface area contributed by atoms with Crippen molar-refractivity contribution in [3.63, 3.8) is 0 Å². The predicted octanol–water partition coefficient (Wildman–Crippen LogP) is 9.69. The van der Waals surface area contributed by atoms with Gasteiger partial charge >= 0.3 is 0 Å². The standard InChI is InChI=1S/C39H21N5O/c1-5-13-29-25(11-1)39(44-31-14-6-2-9-23(31)24-10-3-7-15-32(24)44)42-38(41-29)22-17-18-34-27(19-22)28-20-30-37(45-21-40-30)35-26-12-4-8-16-33(26)43(34)36(28)35/h1-21H. The van der Waals surface area contributed by atoms with E-state index in [1.807, 2.05) is 6.07 Å². The molecule has 6 nitrogen and oxygen atoms in total.